The number of nitrogens with zero attached hydrogens (tertiary/aromatic N) is 2. The first-order valence-corrected chi connectivity index (χ1v) is 10.7. The molecule has 9 heteroatoms. The maximum Gasteiger partial charge on any atom is 0.319 e. The van der Waals surface area contributed by atoms with Crippen molar-refractivity contribution in [2.45, 2.75) is 32.9 Å². The van der Waals surface area contributed by atoms with Crippen molar-refractivity contribution in [2.75, 3.05) is 11.9 Å². The second-order valence-electron chi connectivity index (χ2n) is 7.28. The van der Waals surface area contributed by atoms with Gasteiger partial charge in [-0.05, 0) is 50.2 Å². The molecule has 0 fully saturated rings. The highest BCUT2D eigenvalue weighted by atomic mass is 79.9. The third kappa shape index (κ3) is 6.14. The Morgan fingerprint density at radius 1 is 1.13 bits per heavy atom. The van der Waals surface area contributed by atoms with E-state index in [0.29, 0.717) is 22.4 Å². The number of benzene rings is 2. The molecular weight excluding hydrogens is 462 g/mol. The molecule has 0 aliphatic heterocycles. The number of para-hydroxylation sites is 1. The molecule has 0 unspecified atom stereocenters. The van der Waals surface area contributed by atoms with E-state index in [2.05, 4.69) is 36.5 Å². The predicted octanol–water partition coefficient (Wildman–Crippen LogP) is 3.63. The topological polar surface area (TPSA) is 107 Å². The third-order valence-electron chi connectivity index (χ3n) is 4.65. The van der Waals surface area contributed by atoms with Gasteiger partial charge in [-0.15, -0.1) is 0 Å². The SMILES string of the molecule is CC(C)N(Cc1nc2ccccc2c(=O)[nH]1)C(=O)CCNC(=O)Nc1ccc(Br)cc1. The predicted molar refractivity (Wildman–Crippen MR) is 124 cm³/mol. The number of anilines is 1. The first-order valence-electron chi connectivity index (χ1n) is 9.91. The van der Waals surface area contributed by atoms with Gasteiger partial charge in [-0.2, -0.15) is 0 Å². The van der Waals surface area contributed by atoms with Gasteiger partial charge in [0.25, 0.3) is 5.56 Å². The van der Waals surface area contributed by atoms with E-state index in [9.17, 15) is 14.4 Å². The normalized spacial score (nSPS) is 10.8. The Kier molecular flexibility index (Phi) is 7.41. The van der Waals surface area contributed by atoms with Crippen molar-refractivity contribution in [2.24, 2.45) is 0 Å². The molecule has 3 amide bonds. The van der Waals surface area contributed by atoms with E-state index < -0.39 is 0 Å². The zero-order valence-electron chi connectivity index (χ0n) is 17.3. The van der Waals surface area contributed by atoms with Crippen LogP contribution in [0.1, 0.15) is 26.1 Å². The summed E-state index contributed by atoms with van der Waals surface area (Å²) in [7, 11) is 0. The molecule has 2 aromatic carbocycles. The van der Waals surface area contributed by atoms with Gasteiger partial charge in [0.15, 0.2) is 0 Å². The highest BCUT2D eigenvalue weighted by Crippen LogP contribution is 2.14. The summed E-state index contributed by atoms with van der Waals surface area (Å²) in [5.41, 5.74) is 1.01. The smallest absolute Gasteiger partial charge is 0.319 e. The van der Waals surface area contributed by atoms with Crippen molar-refractivity contribution in [3.05, 3.63) is 69.2 Å². The first kappa shape index (κ1) is 22.5. The number of halogens is 1. The molecule has 0 atom stereocenters. The lowest BCUT2D eigenvalue weighted by molar-refractivity contribution is -0.133. The van der Waals surface area contributed by atoms with Gasteiger partial charge in [0.1, 0.15) is 5.82 Å². The molecule has 0 aliphatic carbocycles. The Labute approximate surface area is 188 Å². The number of urea groups is 1. The lowest BCUT2D eigenvalue weighted by Crippen LogP contribution is -2.39. The van der Waals surface area contributed by atoms with Crippen molar-refractivity contribution in [1.82, 2.24) is 20.2 Å². The molecule has 3 N–H and O–H groups in total. The quantitative estimate of drug-likeness (QED) is 0.474. The summed E-state index contributed by atoms with van der Waals surface area (Å²) in [6.45, 7) is 4.16. The van der Waals surface area contributed by atoms with Crippen LogP contribution >= 0.6 is 15.9 Å². The standard InChI is InChI=1S/C22H24BrN5O3/c1-14(2)28(13-19-26-18-6-4-3-5-17(18)21(30)27-19)20(29)11-12-24-22(31)25-16-9-7-15(23)8-10-16/h3-10,14H,11-13H2,1-2H3,(H2,24,25,31)(H,26,27,30). The molecule has 0 saturated heterocycles. The monoisotopic (exact) mass is 485 g/mol. The lowest BCUT2D eigenvalue weighted by Gasteiger charge is -2.26. The third-order valence-corrected chi connectivity index (χ3v) is 5.18. The molecule has 1 heterocycles. The van der Waals surface area contributed by atoms with Crippen molar-refractivity contribution in [1.29, 1.82) is 0 Å². The highest BCUT2D eigenvalue weighted by molar-refractivity contribution is 9.10. The summed E-state index contributed by atoms with van der Waals surface area (Å²) in [6, 6.07) is 13.8. The summed E-state index contributed by atoms with van der Waals surface area (Å²) in [5, 5.41) is 5.91. The molecule has 1 aromatic heterocycles. The van der Waals surface area contributed by atoms with Crippen LogP contribution in [0.3, 0.4) is 0 Å². The number of nitrogens with one attached hydrogen (secondary N) is 3. The van der Waals surface area contributed by atoms with Gasteiger partial charge in [-0.1, -0.05) is 28.1 Å². The van der Waals surface area contributed by atoms with E-state index in [4.69, 9.17) is 0 Å². The lowest BCUT2D eigenvalue weighted by atomic mass is 10.2. The first-order chi connectivity index (χ1) is 14.8. The minimum Gasteiger partial charge on any atom is -0.337 e. The van der Waals surface area contributed by atoms with Crippen LogP contribution in [0.15, 0.2) is 57.8 Å². The van der Waals surface area contributed by atoms with Gasteiger partial charge >= 0.3 is 6.03 Å². The second-order valence-corrected chi connectivity index (χ2v) is 8.20. The Balaban J connectivity index is 1.57. The van der Waals surface area contributed by atoms with Gasteiger partial charge in [0.2, 0.25) is 5.91 Å². The van der Waals surface area contributed by atoms with Crippen LogP contribution in [0.5, 0.6) is 0 Å². The fourth-order valence-electron chi connectivity index (χ4n) is 3.06. The summed E-state index contributed by atoms with van der Waals surface area (Å²) in [5.74, 6) is 0.279. The maximum absolute atomic E-state index is 12.7. The minimum absolute atomic E-state index is 0.0964. The zero-order chi connectivity index (χ0) is 22.4. The molecule has 31 heavy (non-hydrogen) atoms. The van der Waals surface area contributed by atoms with Crippen molar-refractivity contribution < 1.29 is 9.59 Å². The Morgan fingerprint density at radius 3 is 2.55 bits per heavy atom. The average molecular weight is 486 g/mol. The fourth-order valence-corrected chi connectivity index (χ4v) is 3.33. The number of carbonyl (C=O) groups is 2. The van der Waals surface area contributed by atoms with Gasteiger partial charge in [-0.25, -0.2) is 9.78 Å². The van der Waals surface area contributed by atoms with E-state index in [1.807, 2.05) is 32.0 Å². The summed E-state index contributed by atoms with van der Waals surface area (Å²) >= 11 is 3.34. The summed E-state index contributed by atoms with van der Waals surface area (Å²) < 4.78 is 0.917. The Bertz CT molecular complexity index is 1130. The highest BCUT2D eigenvalue weighted by Gasteiger charge is 2.19. The van der Waals surface area contributed by atoms with Crippen molar-refractivity contribution in [3.8, 4) is 0 Å². The van der Waals surface area contributed by atoms with Crippen LogP contribution in [-0.4, -0.2) is 39.4 Å². The van der Waals surface area contributed by atoms with Crippen molar-refractivity contribution in [3.63, 3.8) is 0 Å². The van der Waals surface area contributed by atoms with Crippen molar-refractivity contribution >= 4 is 44.5 Å². The van der Waals surface area contributed by atoms with E-state index >= 15 is 0 Å². The molecule has 0 saturated carbocycles. The van der Waals surface area contributed by atoms with Crippen LogP contribution in [-0.2, 0) is 11.3 Å². The van der Waals surface area contributed by atoms with E-state index in [1.165, 1.54) is 0 Å². The Hall–Kier alpha value is -3.20. The van der Waals surface area contributed by atoms with Gasteiger partial charge < -0.3 is 20.5 Å². The molecule has 3 aromatic rings. The molecule has 0 bridgehead atoms. The second kappa shape index (κ2) is 10.2. The van der Waals surface area contributed by atoms with Crippen LogP contribution in [0.2, 0.25) is 0 Å². The summed E-state index contributed by atoms with van der Waals surface area (Å²) in [6.07, 6.45) is 0.129. The molecule has 8 nitrogen and oxygen atoms in total. The average Bonchev–Trinajstić information content (AvgIpc) is 2.73. The number of aromatic amines is 1. The minimum atomic E-state index is -0.383. The molecular formula is C22H24BrN5O3. The Morgan fingerprint density at radius 2 is 1.84 bits per heavy atom. The van der Waals surface area contributed by atoms with Gasteiger partial charge in [0, 0.05) is 29.2 Å². The molecule has 0 spiro atoms. The zero-order valence-corrected chi connectivity index (χ0v) is 18.9. The molecule has 0 aliphatic rings. The van der Waals surface area contributed by atoms with Crippen LogP contribution in [0.4, 0.5) is 10.5 Å². The number of fused-ring (bicyclic) bond motifs is 1. The number of hydrogen-bond acceptors (Lipinski definition) is 4. The van der Waals surface area contributed by atoms with Gasteiger partial charge in [0.05, 0.1) is 17.4 Å². The molecule has 3 rings (SSSR count). The number of H-pyrrole nitrogens is 1. The van der Waals surface area contributed by atoms with Crippen LogP contribution in [0, 0.1) is 0 Å². The molecule has 162 valence electrons. The number of amides is 3. The number of hydrogen-bond donors (Lipinski definition) is 3. The van der Waals surface area contributed by atoms with Gasteiger partial charge in [-0.3, -0.25) is 9.59 Å². The summed E-state index contributed by atoms with van der Waals surface area (Å²) in [4.78, 5) is 45.9. The number of carbonyl (C=O) groups excluding carboxylic acids is 2. The molecule has 0 radical (unpaired) electrons. The number of rotatable bonds is 7. The van der Waals surface area contributed by atoms with Crippen LogP contribution in [0.25, 0.3) is 10.9 Å². The van der Waals surface area contributed by atoms with E-state index in [0.717, 1.165) is 4.47 Å². The number of aromatic nitrogens is 2. The maximum atomic E-state index is 12.7. The fraction of sp³-hybridized carbons (Fsp3) is 0.273. The van der Waals surface area contributed by atoms with Crippen LogP contribution < -0.4 is 16.2 Å². The largest absolute Gasteiger partial charge is 0.337 e. The van der Waals surface area contributed by atoms with E-state index in [1.54, 1.807) is 35.2 Å². The van der Waals surface area contributed by atoms with E-state index in [-0.39, 0.29) is 43.0 Å².